The topological polar surface area (TPSA) is 58.6 Å². The van der Waals surface area contributed by atoms with Gasteiger partial charge in [0, 0.05) is 18.1 Å². The molecule has 1 N–H and O–H groups in total. The van der Waals surface area contributed by atoms with Crippen LogP contribution < -0.4 is 10.1 Å². The Balaban J connectivity index is 2.10. The lowest BCUT2D eigenvalue weighted by Crippen LogP contribution is -2.49. The summed E-state index contributed by atoms with van der Waals surface area (Å²) < 4.78 is 5.74. The molecule has 0 aliphatic rings. The third-order valence-corrected chi connectivity index (χ3v) is 5.32. The molecule has 0 aromatic heterocycles. The van der Waals surface area contributed by atoms with Crippen molar-refractivity contribution in [3.63, 3.8) is 0 Å². The van der Waals surface area contributed by atoms with Gasteiger partial charge in [-0.25, -0.2) is 0 Å². The lowest BCUT2D eigenvalue weighted by molar-refractivity contribution is -0.142. The van der Waals surface area contributed by atoms with E-state index in [1.54, 1.807) is 19.1 Å². The van der Waals surface area contributed by atoms with Gasteiger partial charge in [0.15, 0.2) is 6.61 Å². The molecule has 2 rings (SSSR count). The number of hydrogen-bond acceptors (Lipinski definition) is 3. The van der Waals surface area contributed by atoms with Crippen LogP contribution in [0, 0.1) is 0 Å². The number of amides is 2. The molecule has 0 radical (unpaired) electrons. The number of hydrogen-bond donors (Lipinski definition) is 1. The minimum Gasteiger partial charge on any atom is -0.484 e. The Kier molecular flexibility index (Phi) is 8.93. The second-order valence-electron chi connectivity index (χ2n) is 8.68. The van der Waals surface area contributed by atoms with Crippen molar-refractivity contribution >= 4 is 23.4 Å². The summed E-state index contributed by atoms with van der Waals surface area (Å²) >= 11 is 5.97. The maximum absolute atomic E-state index is 13.0. The van der Waals surface area contributed by atoms with E-state index in [2.05, 4.69) is 26.1 Å². The first-order valence-electron chi connectivity index (χ1n) is 10.7. The Morgan fingerprint density at radius 2 is 1.68 bits per heavy atom. The third kappa shape index (κ3) is 7.59. The lowest BCUT2D eigenvalue weighted by Gasteiger charge is -2.28. The van der Waals surface area contributed by atoms with E-state index in [-0.39, 0.29) is 23.8 Å². The molecule has 6 heteroatoms. The fraction of sp³-hybridized carbons (Fsp3) is 0.440. The smallest absolute Gasteiger partial charge is 0.261 e. The maximum atomic E-state index is 13.0. The molecule has 2 amide bonds. The van der Waals surface area contributed by atoms with Crippen LogP contribution >= 0.6 is 11.6 Å². The molecule has 0 aliphatic heterocycles. The second-order valence-corrected chi connectivity index (χ2v) is 9.11. The van der Waals surface area contributed by atoms with E-state index in [0.717, 1.165) is 12.0 Å². The molecule has 1 atom stereocenters. The summed E-state index contributed by atoms with van der Waals surface area (Å²) in [4.78, 5) is 27.1. The van der Waals surface area contributed by atoms with Crippen molar-refractivity contribution < 1.29 is 14.3 Å². The molecule has 0 fully saturated rings. The molecular formula is C25H33ClN2O3. The monoisotopic (exact) mass is 444 g/mol. The lowest BCUT2D eigenvalue weighted by atomic mass is 9.87. The molecule has 0 saturated carbocycles. The van der Waals surface area contributed by atoms with Gasteiger partial charge in [0.1, 0.15) is 11.8 Å². The van der Waals surface area contributed by atoms with Gasteiger partial charge in [-0.1, -0.05) is 63.6 Å². The van der Waals surface area contributed by atoms with E-state index in [4.69, 9.17) is 16.3 Å². The van der Waals surface area contributed by atoms with Gasteiger partial charge >= 0.3 is 0 Å². The summed E-state index contributed by atoms with van der Waals surface area (Å²) in [6.45, 7) is 10.9. The largest absolute Gasteiger partial charge is 0.484 e. The van der Waals surface area contributed by atoms with E-state index in [9.17, 15) is 9.59 Å². The third-order valence-electron chi connectivity index (χ3n) is 5.07. The van der Waals surface area contributed by atoms with Gasteiger partial charge in [0.05, 0.1) is 0 Å². The number of rotatable bonds is 9. The first-order chi connectivity index (χ1) is 14.6. The van der Waals surface area contributed by atoms with E-state index in [0.29, 0.717) is 23.9 Å². The van der Waals surface area contributed by atoms with E-state index >= 15 is 0 Å². The van der Waals surface area contributed by atoms with Gasteiger partial charge in [0.25, 0.3) is 5.91 Å². The average molecular weight is 445 g/mol. The zero-order chi connectivity index (χ0) is 23.0. The number of nitrogens with one attached hydrogen (secondary N) is 1. The molecule has 0 spiro atoms. The predicted molar refractivity (Wildman–Crippen MR) is 125 cm³/mol. The molecule has 0 saturated heterocycles. The van der Waals surface area contributed by atoms with Gasteiger partial charge in [-0.2, -0.15) is 0 Å². The normalized spacial score (nSPS) is 12.2. The summed E-state index contributed by atoms with van der Waals surface area (Å²) in [6.07, 6.45) is 0.831. The number of ether oxygens (including phenoxy) is 1. The highest BCUT2D eigenvalue weighted by molar-refractivity contribution is 6.30. The molecule has 0 aliphatic carbocycles. The predicted octanol–water partition coefficient (Wildman–Crippen LogP) is 4.96. The molecular weight excluding hydrogens is 412 g/mol. The van der Waals surface area contributed by atoms with Crippen molar-refractivity contribution in [2.45, 2.75) is 59.0 Å². The maximum Gasteiger partial charge on any atom is 0.261 e. The Morgan fingerprint density at radius 3 is 2.23 bits per heavy atom. The zero-order valence-corrected chi connectivity index (χ0v) is 19.8. The Morgan fingerprint density at radius 1 is 1.06 bits per heavy atom. The number of halogens is 1. The highest BCUT2D eigenvalue weighted by atomic mass is 35.5. The van der Waals surface area contributed by atoms with E-state index in [1.807, 2.05) is 43.3 Å². The van der Waals surface area contributed by atoms with Crippen molar-refractivity contribution in [3.8, 4) is 5.75 Å². The zero-order valence-electron chi connectivity index (χ0n) is 19.1. The summed E-state index contributed by atoms with van der Waals surface area (Å²) in [5.74, 6) is 0.184. The van der Waals surface area contributed by atoms with Gasteiger partial charge in [-0.15, -0.1) is 0 Å². The first-order valence-corrected chi connectivity index (χ1v) is 11.0. The van der Waals surface area contributed by atoms with Crippen LogP contribution in [0.25, 0.3) is 0 Å². The highest BCUT2D eigenvalue weighted by Crippen LogP contribution is 2.24. The Bertz CT molecular complexity index is 858. The summed E-state index contributed by atoms with van der Waals surface area (Å²) in [7, 11) is 0. The quantitative estimate of drug-likeness (QED) is 0.594. The fourth-order valence-electron chi connectivity index (χ4n) is 3.04. The van der Waals surface area contributed by atoms with Gasteiger partial charge in [-0.05, 0) is 54.2 Å². The second kappa shape index (κ2) is 11.2. The molecule has 0 bridgehead atoms. The number of nitrogens with zero attached hydrogens (tertiary/aromatic N) is 1. The summed E-state index contributed by atoms with van der Waals surface area (Å²) in [5.41, 5.74) is 2.13. The average Bonchev–Trinajstić information content (AvgIpc) is 2.74. The van der Waals surface area contributed by atoms with E-state index in [1.165, 1.54) is 10.5 Å². The molecule has 31 heavy (non-hydrogen) atoms. The standard InChI is InChI=1S/C25H33ClN2O3/c1-6-15-27-24(30)18(2)28(16-19-7-11-21(26)12-8-19)23(29)17-31-22-13-9-20(10-14-22)25(3,4)5/h7-14,18H,6,15-17H2,1-5H3,(H,27,30). The molecule has 5 nitrogen and oxygen atoms in total. The summed E-state index contributed by atoms with van der Waals surface area (Å²) in [5, 5.41) is 3.48. The van der Waals surface area contributed by atoms with Gasteiger partial charge in [0.2, 0.25) is 5.91 Å². The minimum absolute atomic E-state index is 0.0466. The van der Waals surface area contributed by atoms with Crippen LogP contribution in [0.5, 0.6) is 5.75 Å². The van der Waals surface area contributed by atoms with Crippen LogP contribution in [0.3, 0.4) is 0 Å². The van der Waals surface area contributed by atoms with Crippen molar-refractivity contribution in [1.82, 2.24) is 10.2 Å². The van der Waals surface area contributed by atoms with Crippen molar-refractivity contribution in [3.05, 3.63) is 64.7 Å². The van der Waals surface area contributed by atoms with Gasteiger partial charge < -0.3 is 15.0 Å². The molecule has 2 aromatic carbocycles. The number of carbonyl (C=O) groups excluding carboxylic acids is 2. The number of benzene rings is 2. The van der Waals surface area contributed by atoms with Crippen molar-refractivity contribution in [2.24, 2.45) is 0 Å². The minimum atomic E-state index is -0.624. The van der Waals surface area contributed by atoms with Crippen LogP contribution in [-0.4, -0.2) is 35.9 Å². The van der Waals surface area contributed by atoms with Crippen LogP contribution in [0.1, 0.15) is 52.2 Å². The van der Waals surface area contributed by atoms with E-state index < -0.39 is 6.04 Å². The SMILES string of the molecule is CCCNC(=O)C(C)N(Cc1ccc(Cl)cc1)C(=O)COc1ccc(C(C)(C)C)cc1. The fourth-order valence-corrected chi connectivity index (χ4v) is 3.17. The molecule has 0 heterocycles. The molecule has 1 unspecified atom stereocenters. The first kappa shape index (κ1) is 24.7. The number of carbonyl (C=O) groups is 2. The molecule has 168 valence electrons. The van der Waals surface area contributed by atoms with Gasteiger partial charge in [-0.3, -0.25) is 9.59 Å². The van der Waals surface area contributed by atoms with Crippen molar-refractivity contribution in [2.75, 3.05) is 13.2 Å². The van der Waals surface area contributed by atoms with Crippen LogP contribution in [0.15, 0.2) is 48.5 Å². The summed E-state index contributed by atoms with van der Waals surface area (Å²) in [6, 6.07) is 14.4. The Hall–Kier alpha value is -2.53. The van der Waals surface area contributed by atoms with Crippen molar-refractivity contribution in [1.29, 1.82) is 0 Å². The molecule has 2 aromatic rings. The van der Waals surface area contributed by atoms with Crippen LogP contribution in [-0.2, 0) is 21.5 Å². The van der Waals surface area contributed by atoms with Crippen LogP contribution in [0.4, 0.5) is 0 Å². The Labute approximate surface area is 190 Å². The highest BCUT2D eigenvalue weighted by Gasteiger charge is 2.26. The van der Waals surface area contributed by atoms with Crippen LogP contribution in [0.2, 0.25) is 5.02 Å².